The Morgan fingerprint density at radius 2 is 1.91 bits per heavy atom. The summed E-state index contributed by atoms with van der Waals surface area (Å²) in [4.78, 5) is 26.8. The molecular formula is C21H23ClF3IN5O2P. The summed E-state index contributed by atoms with van der Waals surface area (Å²) >= 11 is 8.29. The van der Waals surface area contributed by atoms with Gasteiger partial charge in [0.15, 0.2) is 0 Å². The largest absolute Gasteiger partial charge is 0.416 e. The molecule has 1 aromatic carbocycles. The molecule has 184 valence electrons. The first-order valence-electron chi connectivity index (χ1n) is 10.5. The third-order valence-corrected chi connectivity index (χ3v) is 7.73. The van der Waals surface area contributed by atoms with Crippen molar-refractivity contribution in [1.29, 1.82) is 0 Å². The maximum absolute atomic E-state index is 13.5. The fourth-order valence-electron chi connectivity index (χ4n) is 3.97. The summed E-state index contributed by atoms with van der Waals surface area (Å²) in [6.45, 7) is 6.22. The van der Waals surface area contributed by atoms with Gasteiger partial charge in [0.2, 0.25) is 0 Å². The number of hydrogen-bond acceptors (Lipinski definition) is 4. The van der Waals surface area contributed by atoms with Crippen LogP contribution in [0.3, 0.4) is 0 Å². The van der Waals surface area contributed by atoms with E-state index in [2.05, 4.69) is 10.2 Å². The standard InChI is InChI=1S/C19H17ClF3IN5O2P.C2H6/c1-10(11-4-2-3-5-13(11)19(21,22)23)28-14-6-7-27(9-12(14)17(30)26-28)15-8-25-29(32-24)18(31)16(15)20;1-2/h2-5,8,10,32H,6-7,9H2,1H3,(H,26,30);1-2H3. The van der Waals surface area contributed by atoms with Crippen LogP contribution in [0.15, 0.2) is 40.1 Å². The summed E-state index contributed by atoms with van der Waals surface area (Å²) in [5.74, 6) is 0. The molecule has 2 unspecified atom stereocenters. The zero-order valence-electron chi connectivity index (χ0n) is 18.6. The molecule has 0 amide bonds. The summed E-state index contributed by atoms with van der Waals surface area (Å²) in [6, 6.07) is 4.62. The van der Waals surface area contributed by atoms with Crippen molar-refractivity contribution in [2.75, 3.05) is 11.4 Å². The fourth-order valence-corrected chi connectivity index (χ4v) is 5.61. The Balaban J connectivity index is 0.00000158. The number of rotatable bonds is 4. The van der Waals surface area contributed by atoms with Gasteiger partial charge < -0.3 is 4.90 Å². The molecule has 0 spiro atoms. The van der Waals surface area contributed by atoms with E-state index in [1.54, 1.807) is 17.9 Å². The molecule has 0 saturated carbocycles. The van der Waals surface area contributed by atoms with Crippen molar-refractivity contribution in [3.8, 4) is 0 Å². The number of halogens is 5. The van der Waals surface area contributed by atoms with Crippen molar-refractivity contribution < 1.29 is 13.2 Å². The summed E-state index contributed by atoms with van der Waals surface area (Å²) in [5, 5.41) is 6.83. The molecule has 1 aliphatic rings. The van der Waals surface area contributed by atoms with Gasteiger partial charge in [0.25, 0.3) is 11.1 Å². The second kappa shape index (κ2) is 10.8. The molecule has 1 N–H and O–H groups in total. The predicted octanol–water partition coefficient (Wildman–Crippen LogP) is 5.40. The van der Waals surface area contributed by atoms with E-state index in [0.29, 0.717) is 29.9 Å². The summed E-state index contributed by atoms with van der Waals surface area (Å²) < 4.78 is 43.3. The predicted molar refractivity (Wildman–Crippen MR) is 138 cm³/mol. The quantitative estimate of drug-likeness (QED) is 0.311. The van der Waals surface area contributed by atoms with Gasteiger partial charge in [-0.05, 0) is 40.6 Å². The van der Waals surface area contributed by atoms with E-state index in [-0.39, 0.29) is 29.1 Å². The van der Waals surface area contributed by atoms with E-state index in [1.807, 2.05) is 35.9 Å². The highest BCUT2D eigenvalue weighted by molar-refractivity contribution is 14.2. The molecule has 3 aromatic rings. The number of fused-ring (bicyclic) bond motifs is 1. The second-order valence-corrected chi connectivity index (χ2v) is 9.73. The highest BCUT2D eigenvalue weighted by Crippen LogP contribution is 2.36. The molecule has 1 aliphatic heterocycles. The lowest BCUT2D eigenvalue weighted by Gasteiger charge is -2.30. The van der Waals surface area contributed by atoms with Gasteiger partial charge in [-0.3, -0.25) is 19.4 Å². The number of aromatic amines is 1. The van der Waals surface area contributed by atoms with Gasteiger partial charge in [0, 0.05) is 18.7 Å². The number of benzene rings is 1. The molecule has 3 heterocycles. The number of aromatic nitrogens is 4. The van der Waals surface area contributed by atoms with Crippen LogP contribution in [0.4, 0.5) is 18.9 Å². The third kappa shape index (κ3) is 5.06. The minimum Gasteiger partial charge on any atom is -0.364 e. The monoisotopic (exact) mass is 627 g/mol. The zero-order valence-corrected chi connectivity index (χ0v) is 22.5. The molecule has 2 aromatic heterocycles. The van der Waals surface area contributed by atoms with Crippen molar-refractivity contribution in [2.45, 2.75) is 46.0 Å². The molecule has 13 heteroatoms. The van der Waals surface area contributed by atoms with Crippen LogP contribution in [0.1, 0.15) is 49.2 Å². The SMILES string of the molecule is CC.CC(c1ccccc1C(F)(F)F)n1[nH]c(=O)c2c1CCN(c1cnn(PI)c(=O)c1Cl)C2. The molecule has 0 aliphatic carbocycles. The Bertz CT molecular complexity index is 1290. The van der Waals surface area contributed by atoms with Gasteiger partial charge in [-0.2, -0.15) is 18.3 Å². The van der Waals surface area contributed by atoms with Crippen LogP contribution in [-0.2, 0) is 19.1 Å². The highest BCUT2D eigenvalue weighted by atomic mass is 127. The lowest BCUT2D eigenvalue weighted by atomic mass is 10.00. The summed E-state index contributed by atoms with van der Waals surface area (Å²) in [5.41, 5.74) is 0.0506. The minimum atomic E-state index is -4.50. The first-order chi connectivity index (χ1) is 16.1. The topological polar surface area (TPSA) is 75.9 Å². The van der Waals surface area contributed by atoms with Crippen molar-refractivity contribution in [3.63, 3.8) is 0 Å². The van der Waals surface area contributed by atoms with E-state index in [0.717, 1.165) is 6.07 Å². The first-order valence-corrected chi connectivity index (χ1v) is 14.9. The Hall–Kier alpha value is -1.85. The van der Waals surface area contributed by atoms with E-state index in [1.165, 1.54) is 27.5 Å². The maximum atomic E-state index is 13.5. The van der Waals surface area contributed by atoms with E-state index >= 15 is 0 Å². The minimum absolute atomic E-state index is 0.0240. The maximum Gasteiger partial charge on any atom is 0.416 e. The molecule has 4 rings (SSSR count). The molecule has 0 fully saturated rings. The van der Waals surface area contributed by atoms with E-state index in [4.69, 9.17) is 11.6 Å². The van der Waals surface area contributed by atoms with Crippen molar-refractivity contribution in [2.24, 2.45) is 0 Å². The summed E-state index contributed by atoms with van der Waals surface area (Å²) in [7, 11) is 0. The summed E-state index contributed by atoms with van der Waals surface area (Å²) in [6.07, 6.45) is -2.52. The van der Waals surface area contributed by atoms with Crippen LogP contribution in [-0.4, -0.2) is 25.9 Å². The Kier molecular flexibility index (Phi) is 8.51. The number of anilines is 1. The molecule has 0 saturated heterocycles. The van der Waals surface area contributed by atoms with Gasteiger partial charge >= 0.3 is 6.18 Å². The van der Waals surface area contributed by atoms with Gasteiger partial charge in [-0.25, -0.2) is 4.45 Å². The molecule has 34 heavy (non-hydrogen) atoms. The number of H-pyrrole nitrogens is 1. The molecule has 2 atom stereocenters. The first kappa shape index (κ1) is 26.7. The second-order valence-electron chi connectivity index (χ2n) is 7.31. The fraction of sp³-hybridized carbons (Fsp3) is 0.381. The number of alkyl halides is 3. The Morgan fingerprint density at radius 3 is 2.56 bits per heavy atom. The number of nitrogens with zero attached hydrogens (tertiary/aromatic N) is 4. The number of nitrogens with one attached hydrogen (secondary N) is 1. The normalized spacial score (nSPS) is 14.6. The van der Waals surface area contributed by atoms with Crippen LogP contribution in [0.2, 0.25) is 5.02 Å². The van der Waals surface area contributed by atoms with Crippen LogP contribution in [0.25, 0.3) is 0 Å². The van der Waals surface area contributed by atoms with Crippen LogP contribution >= 0.6 is 40.0 Å². The van der Waals surface area contributed by atoms with Crippen LogP contribution < -0.4 is 16.0 Å². The van der Waals surface area contributed by atoms with E-state index < -0.39 is 23.3 Å². The molecule has 0 bridgehead atoms. The van der Waals surface area contributed by atoms with Crippen molar-refractivity contribution >= 4 is 45.7 Å². The van der Waals surface area contributed by atoms with Gasteiger partial charge in [0.1, 0.15) is 5.02 Å². The third-order valence-electron chi connectivity index (χ3n) is 5.53. The van der Waals surface area contributed by atoms with Crippen molar-refractivity contribution in [1.82, 2.24) is 19.3 Å². The highest BCUT2D eigenvalue weighted by Gasteiger charge is 2.35. The lowest BCUT2D eigenvalue weighted by Crippen LogP contribution is -2.34. The average Bonchev–Trinajstić information content (AvgIpc) is 3.17. The van der Waals surface area contributed by atoms with Crippen LogP contribution in [0.5, 0.6) is 0 Å². The smallest absolute Gasteiger partial charge is 0.364 e. The lowest BCUT2D eigenvalue weighted by molar-refractivity contribution is -0.138. The van der Waals surface area contributed by atoms with E-state index in [9.17, 15) is 22.8 Å². The Labute approximate surface area is 213 Å². The molecule has 0 radical (unpaired) electrons. The van der Waals surface area contributed by atoms with Crippen LogP contribution in [0, 0.1) is 0 Å². The average molecular weight is 628 g/mol. The van der Waals surface area contributed by atoms with Crippen molar-refractivity contribution in [3.05, 3.63) is 78.6 Å². The zero-order chi connectivity index (χ0) is 25.2. The van der Waals surface area contributed by atoms with Gasteiger partial charge in [-0.1, -0.05) is 43.6 Å². The Morgan fingerprint density at radius 1 is 1.24 bits per heavy atom. The number of hydrogen-bond donors (Lipinski definition) is 1. The van der Waals surface area contributed by atoms with Gasteiger partial charge in [-0.15, -0.1) is 0 Å². The molecular weight excluding hydrogens is 605 g/mol. The van der Waals surface area contributed by atoms with Gasteiger partial charge in [0.05, 0.1) is 42.0 Å². The molecule has 7 nitrogen and oxygen atoms in total.